The topological polar surface area (TPSA) is 60.2 Å². The lowest BCUT2D eigenvalue weighted by Gasteiger charge is -2.15. The lowest BCUT2D eigenvalue weighted by molar-refractivity contribution is 0.0770. The predicted molar refractivity (Wildman–Crippen MR) is 104 cm³/mol. The smallest absolute Gasteiger partial charge is 0.254 e. The molecule has 0 spiro atoms. The molecule has 2 aliphatic rings. The molecule has 1 aromatic heterocycles. The first-order valence-corrected chi connectivity index (χ1v) is 9.61. The van der Waals surface area contributed by atoms with Gasteiger partial charge in [-0.2, -0.15) is 0 Å². The number of hydrogen-bond acceptors (Lipinski definition) is 4. The molecule has 28 heavy (non-hydrogen) atoms. The van der Waals surface area contributed by atoms with E-state index in [-0.39, 0.29) is 5.91 Å². The van der Waals surface area contributed by atoms with Crippen molar-refractivity contribution in [3.8, 4) is 5.75 Å². The molecule has 0 unspecified atom stereocenters. The molecular weight excluding hydrogens is 352 g/mol. The average molecular weight is 374 g/mol. The molecule has 1 aliphatic heterocycles. The van der Waals surface area contributed by atoms with E-state index in [2.05, 4.69) is 10.3 Å². The number of hydrogen-bond donors (Lipinski definition) is 0. The Bertz CT molecular complexity index is 1010. The van der Waals surface area contributed by atoms with Gasteiger partial charge in [0.25, 0.3) is 5.91 Å². The van der Waals surface area contributed by atoms with Gasteiger partial charge in [0, 0.05) is 30.8 Å². The molecule has 0 radical (unpaired) electrons. The van der Waals surface area contributed by atoms with E-state index in [4.69, 9.17) is 4.74 Å². The van der Waals surface area contributed by atoms with Crippen LogP contribution in [0.25, 0.3) is 0 Å². The summed E-state index contributed by atoms with van der Waals surface area (Å²) < 4.78 is 7.07. The first kappa shape index (κ1) is 17.0. The van der Waals surface area contributed by atoms with Crippen LogP contribution in [-0.4, -0.2) is 39.5 Å². The van der Waals surface area contributed by atoms with Crippen molar-refractivity contribution in [3.05, 3.63) is 77.1 Å². The summed E-state index contributed by atoms with van der Waals surface area (Å²) in [6.45, 7) is 2.21. The van der Waals surface area contributed by atoms with Crippen molar-refractivity contribution in [3.63, 3.8) is 0 Å². The minimum Gasteiger partial charge on any atom is -0.497 e. The Morgan fingerprint density at radius 3 is 2.75 bits per heavy atom. The van der Waals surface area contributed by atoms with E-state index < -0.39 is 0 Å². The molecule has 0 saturated heterocycles. The Morgan fingerprint density at radius 2 is 1.96 bits per heavy atom. The van der Waals surface area contributed by atoms with Gasteiger partial charge in [0.2, 0.25) is 0 Å². The minimum atomic E-state index is 0.157. The molecule has 142 valence electrons. The second kappa shape index (κ2) is 6.78. The number of ether oxygens (including phenoxy) is 1. The number of amides is 1. The van der Waals surface area contributed by atoms with Gasteiger partial charge in [-0.3, -0.25) is 4.79 Å². The van der Waals surface area contributed by atoms with E-state index in [1.165, 1.54) is 0 Å². The van der Waals surface area contributed by atoms with Crippen molar-refractivity contribution < 1.29 is 9.53 Å². The predicted octanol–water partition coefficient (Wildman–Crippen LogP) is 3.09. The lowest BCUT2D eigenvalue weighted by Crippen LogP contribution is -2.26. The Kier molecular flexibility index (Phi) is 4.11. The van der Waals surface area contributed by atoms with E-state index in [1.54, 1.807) is 7.11 Å². The molecule has 0 bridgehead atoms. The van der Waals surface area contributed by atoms with Crippen LogP contribution in [0.4, 0.5) is 0 Å². The highest BCUT2D eigenvalue weighted by atomic mass is 16.5. The third-order valence-corrected chi connectivity index (χ3v) is 5.71. The monoisotopic (exact) mass is 374 g/mol. The maximum Gasteiger partial charge on any atom is 0.254 e. The summed E-state index contributed by atoms with van der Waals surface area (Å²) in [5.41, 5.74) is 4.17. The van der Waals surface area contributed by atoms with E-state index in [1.807, 2.05) is 64.3 Å². The highest BCUT2D eigenvalue weighted by Gasteiger charge is 2.43. The number of carbonyl (C=O) groups excluding carboxylic acids is 1. The van der Waals surface area contributed by atoms with Gasteiger partial charge in [-0.25, -0.2) is 4.68 Å². The average Bonchev–Trinajstić information content (AvgIpc) is 3.21. The van der Waals surface area contributed by atoms with Gasteiger partial charge in [-0.1, -0.05) is 35.5 Å². The molecule has 1 saturated carbocycles. The summed E-state index contributed by atoms with van der Waals surface area (Å²) in [4.78, 5) is 14.5. The van der Waals surface area contributed by atoms with Crippen LogP contribution in [-0.2, 0) is 13.1 Å². The van der Waals surface area contributed by atoms with Crippen LogP contribution < -0.4 is 4.74 Å². The van der Waals surface area contributed by atoms with Crippen LogP contribution in [0.1, 0.15) is 39.5 Å². The SMILES string of the molecule is COc1ccc(Cn2cc([C@@H]3C[C@H]3CN3Cc4ccccc4C3=O)nn2)cc1. The van der Waals surface area contributed by atoms with Crippen molar-refractivity contribution in [2.75, 3.05) is 13.7 Å². The number of carbonyl (C=O) groups is 1. The zero-order chi connectivity index (χ0) is 19.1. The zero-order valence-corrected chi connectivity index (χ0v) is 15.8. The molecule has 0 N–H and O–H groups in total. The van der Waals surface area contributed by atoms with E-state index in [0.29, 0.717) is 18.4 Å². The molecule has 3 aromatic rings. The fraction of sp³-hybridized carbons (Fsp3) is 0.318. The van der Waals surface area contributed by atoms with Crippen LogP contribution in [0.3, 0.4) is 0 Å². The molecule has 2 atom stereocenters. The quantitative estimate of drug-likeness (QED) is 0.665. The summed E-state index contributed by atoms with van der Waals surface area (Å²) in [6.07, 6.45) is 3.11. The van der Waals surface area contributed by atoms with Crippen molar-refractivity contribution >= 4 is 5.91 Å². The largest absolute Gasteiger partial charge is 0.497 e. The van der Waals surface area contributed by atoms with Gasteiger partial charge < -0.3 is 9.64 Å². The van der Waals surface area contributed by atoms with Crippen molar-refractivity contribution in [1.29, 1.82) is 0 Å². The summed E-state index contributed by atoms with van der Waals surface area (Å²) in [5, 5.41) is 8.66. The highest BCUT2D eigenvalue weighted by molar-refractivity contribution is 5.98. The fourth-order valence-corrected chi connectivity index (χ4v) is 4.04. The maximum absolute atomic E-state index is 12.5. The minimum absolute atomic E-state index is 0.157. The Morgan fingerprint density at radius 1 is 1.14 bits per heavy atom. The number of nitrogens with zero attached hydrogens (tertiary/aromatic N) is 4. The normalized spacial score (nSPS) is 20.3. The molecule has 2 aromatic carbocycles. The molecule has 5 rings (SSSR count). The number of aromatic nitrogens is 3. The third-order valence-electron chi connectivity index (χ3n) is 5.71. The second-order valence-corrected chi connectivity index (χ2v) is 7.63. The first-order chi connectivity index (χ1) is 13.7. The molecular formula is C22H22N4O2. The van der Waals surface area contributed by atoms with Gasteiger partial charge in [0.15, 0.2) is 0 Å². The zero-order valence-electron chi connectivity index (χ0n) is 15.8. The summed E-state index contributed by atoms with van der Waals surface area (Å²) in [6, 6.07) is 15.9. The number of rotatable bonds is 6. The fourth-order valence-electron chi connectivity index (χ4n) is 4.04. The van der Waals surface area contributed by atoms with Crippen LogP contribution >= 0.6 is 0 Å². The molecule has 2 heterocycles. The molecule has 1 fully saturated rings. The Labute approximate surface area is 163 Å². The van der Waals surface area contributed by atoms with Crippen LogP contribution in [0.5, 0.6) is 5.75 Å². The second-order valence-electron chi connectivity index (χ2n) is 7.63. The standard InChI is InChI=1S/C22H22N4O2/c1-28-18-8-6-15(7-9-18)11-26-14-21(23-24-26)20-10-17(20)13-25-12-16-4-2-3-5-19(16)22(25)27/h2-9,14,17,20H,10-13H2,1H3/t17-,20+/m0/s1. The van der Waals surface area contributed by atoms with E-state index in [9.17, 15) is 4.79 Å². The number of fused-ring (bicyclic) bond motifs is 1. The van der Waals surface area contributed by atoms with Crippen LogP contribution in [0.2, 0.25) is 0 Å². The molecule has 1 aliphatic carbocycles. The first-order valence-electron chi connectivity index (χ1n) is 9.61. The van der Waals surface area contributed by atoms with Gasteiger partial charge in [0.1, 0.15) is 5.75 Å². The number of benzene rings is 2. The summed E-state index contributed by atoms with van der Waals surface area (Å²) in [7, 11) is 1.67. The van der Waals surface area contributed by atoms with E-state index in [0.717, 1.165) is 47.6 Å². The van der Waals surface area contributed by atoms with Crippen LogP contribution in [0, 0.1) is 5.92 Å². The van der Waals surface area contributed by atoms with Crippen LogP contribution in [0.15, 0.2) is 54.7 Å². The summed E-state index contributed by atoms with van der Waals surface area (Å²) in [5.74, 6) is 1.89. The highest BCUT2D eigenvalue weighted by Crippen LogP contribution is 2.47. The lowest BCUT2D eigenvalue weighted by atomic mass is 10.1. The van der Waals surface area contributed by atoms with E-state index >= 15 is 0 Å². The molecule has 1 amide bonds. The maximum atomic E-state index is 12.5. The Hall–Kier alpha value is -3.15. The molecule has 6 heteroatoms. The van der Waals surface area contributed by atoms with Gasteiger partial charge >= 0.3 is 0 Å². The molecule has 6 nitrogen and oxygen atoms in total. The third kappa shape index (κ3) is 3.15. The Balaban J connectivity index is 1.19. The van der Waals surface area contributed by atoms with Crippen molar-refractivity contribution in [2.24, 2.45) is 5.92 Å². The van der Waals surface area contributed by atoms with Gasteiger partial charge in [-0.05, 0) is 41.7 Å². The number of methoxy groups -OCH3 is 1. The van der Waals surface area contributed by atoms with Crippen molar-refractivity contribution in [2.45, 2.75) is 25.4 Å². The van der Waals surface area contributed by atoms with Gasteiger partial charge in [0.05, 0.1) is 19.3 Å². The van der Waals surface area contributed by atoms with Crippen molar-refractivity contribution in [1.82, 2.24) is 19.9 Å². The van der Waals surface area contributed by atoms with Gasteiger partial charge in [-0.15, -0.1) is 5.10 Å². The summed E-state index contributed by atoms with van der Waals surface area (Å²) >= 11 is 0.